The van der Waals surface area contributed by atoms with Gasteiger partial charge >= 0.3 is 0 Å². The minimum atomic E-state index is 0.0497. The molecule has 0 heterocycles. The maximum absolute atomic E-state index is 12.6. The van der Waals surface area contributed by atoms with Crippen LogP contribution >= 0.6 is 0 Å². The molecule has 1 amide bonds. The standard InChI is InChI=1S/C16H24N2O2/c1-11-7-8-12(9-15(11)20-3)16(19)18(2)14-6-4-5-13(14)10-17/h7-9,13-14H,4-6,10,17H2,1-3H3. The fourth-order valence-electron chi connectivity index (χ4n) is 3.11. The molecule has 0 saturated heterocycles. The number of nitrogens with zero attached hydrogens (tertiary/aromatic N) is 1. The lowest BCUT2D eigenvalue weighted by Crippen LogP contribution is -2.41. The lowest BCUT2D eigenvalue weighted by atomic mass is 10.0. The van der Waals surface area contributed by atoms with Gasteiger partial charge in [0.2, 0.25) is 0 Å². The molecule has 1 fully saturated rings. The Balaban J connectivity index is 2.18. The first-order valence-electron chi connectivity index (χ1n) is 7.20. The second-order valence-corrected chi connectivity index (χ2v) is 5.59. The van der Waals surface area contributed by atoms with Gasteiger partial charge < -0.3 is 15.4 Å². The van der Waals surface area contributed by atoms with Crippen molar-refractivity contribution < 1.29 is 9.53 Å². The number of amides is 1. The molecule has 0 aromatic heterocycles. The summed E-state index contributed by atoms with van der Waals surface area (Å²) in [5.74, 6) is 1.23. The first kappa shape index (κ1) is 14.9. The van der Waals surface area contributed by atoms with Crippen molar-refractivity contribution in [2.45, 2.75) is 32.2 Å². The van der Waals surface area contributed by atoms with Crippen molar-refractivity contribution in [3.05, 3.63) is 29.3 Å². The van der Waals surface area contributed by atoms with E-state index in [4.69, 9.17) is 10.5 Å². The van der Waals surface area contributed by atoms with Gasteiger partial charge in [-0.3, -0.25) is 4.79 Å². The lowest BCUT2D eigenvalue weighted by molar-refractivity contribution is 0.0699. The molecule has 1 aromatic carbocycles. The highest BCUT2D eigenvalue weighted by Gasteiger charge is 2.32. The van der Waals surface area contributed by atoms with E-state index < -0.39 is 0 Å². The van der Waals surface area contributed by atoms with Gasteiger partial charge in [0.25, 0.3) is 5.91 Å². The number of nitrogens with two attached hydrogens (primary N) is 1. The van der Waals surface area contributed by atoms with Crippen molar-refractivity contribution in [2.24, 2.45) is 11.7 Å². The highest BCUT2D eigenvalue weighted by atomic mass is 16.5. The van der Waals surface area contributed by atoms with Gasteiger partial charge in [-0.2, -0.15) is 0 Å². The summed E-state index contributed by atoms with van der Waals surface area (Å²) >= 11 is 0. The van der Waals surface area contributed by atoms with Crippen molar-refractivity contribution in [3.8, 4) is 5.75 Å². The zero-order valence-corrected chi connectivity index (χ0v) is 12.6. The molecule has 110 valence electrons. The van der Waals surface area contributed by atoms with Gasteiger partial charge in [0.1, 0.15) is 5.75 Å². The molecule has 4 heteroatoms. The van der Waals surface area contributed by atoms with Crippen LogP contribution in [-0.4, -0.2) is 37.6 Å². The van der Waals surface area contributed by atoms with Gasteiger partial charge in [-0.25, -0.2) is 0 Å². The fourth-order valence-corrected chi connectivity index (χ4v) is 3.11. The molecule has 2 atom stereocenters. The van der Waals surface area contributed by atoms with Crippen molar-refractivity contribution in [1.82, 2.24) is 4.90 Å². The molecule has 1 aromatic rings. The maximum atomic E-state index is 12.6. The summed E-state index contributed by atoms with van der Waals surface area (Å²) in [7, 11) is 3.51. The number of methoxy groups -OCH3 is 1. The average Bonchev–Trinajstić information content (AvgIpc) is 2.94. The van der Waals surface area contributed by atoms with E-state index in [0.717, 1.165) is 30.6 Å². The van der Waals surface area contributed by atoms with Crippen LogP contribution in [0, 0.1) is 12.8 Å². The molecule has 2 unspecified atom stereocenters. The van der Waals surface area contributed by atoms with Crippen molar-refractivity contribution in [1.29, 1.82) is 0 Å². The van der Waals surface area contributed by atoms with Crippen LogP contribution in [0.15, 0.2) is 18.2 Å². The van der Waals surface area contributed by atoms with E-state index >= 15 is 0 Å². The number of hydrogen-bond acceptors (Lipinski definition) is 3. The van der Waals surface area contributed by atoms with Gasteiger partial charge in [0, 0.05) is 18.7 Å². The zero-order valence-electron chi connectivity index (χ0n) is 12.6. The quantitative estimate of drug-likeness (QED) is 0.917. The number of carbonyl (C=O) groups is 1. The minimum Gasteiger partial charge on any atom is -0.496 e. The fraction of sp³-hybridized carbons (Fsp3) is 0.562. The topological polar surface area (TPSA) is 55.6 Å². The minimum absolute atomic E-state index is 0.0497. The molecule has 0 aliphatic heterocycles. The molecular weight excluding hydrogens is 252 g/mol. The van der Waals surface area contributed by atoms with E-state index in [2.05, 4.69) is 0 Å². The van der Waals surface area contributed by atoms with Gasteiger partial charge in [-0.15, -0.1) is 0 Å². The average molecular weight is 276 g/mol. The second-order valence-electron chi connectivity index (χ2n) is 5.59. The van der Waals surface area contributed by atoms with Crippen molar-refractivity contribution >= 4 is 5.91 Å². The summed E-state index contributed by atoms with van der Waals surface area (Å²) in [5, 5.41) is 0. The smallest absolute Gasteiger partial charge is 0.253 e. The molecule has 0 spiro atoms. The Bertz CT molecular complexity index is 487. The predicted octanol–water partition coefficient (Wildman–Crippen LogP) is 2.20. The van der Waals surface area contributed by atoms with Crippen LogP contribution in [0.1, 0.15) is 35.2 Å². The van der Waals surface area contributed by atoms with Crippen LogP contribution in [0.25, 0.3) is 0 Å². The van der Waals surface area contributed by atoms with Gasteiger partial charge in [-0.1, -0.05) is 12.5 Å². The van der Waals surface area contributed by atoms with Crippen LogP contribution in [0.4, 0.5) is 0 Å². The Hall–Kier alpha value is -1.55. The highest BCUT2D eigenvalue weighted by Crippen LogP contribution is 2.30. The molecule has 20 heavy (non-hydrogen) atoms. The van der Waals surface area contributed by atoms with Crippen molar-refractivity contribution in [2.75, 3.05) is 20.7 Å². The SMILES string of the molecule is COc1cc(C(=O)N(C)C2CCCC2CN)ccc1C. The number of ether oxygens (including phenoxy) is 1. The molecule has 2 N–H and O–H groups in total. The van der Waals surface area contributed by atoms with Crippen molar-refractivity contribution in [3.63, 3.8) is 0 Å². The van der Waals surface area contributed by atoms with E-state index in [1.165, 1.54) is 0 Å². The summed E-state index contributed by atoms with van der Waals surface area (Å²) in [6.07, 6.45) is 3.32. The first-order chi connectivity index (χ1) is 9.58. The van der Waals surface area contributed by atoms with Gasteiger partial charge in [0.15, 0.2) is 0 Å². The Labute approximate surface area is 120 Å². The van der Waals surface area contributed by atoms with E-state index in [-0.39, 0.29) is 11.9 Å². The summed E-state index contributed by atoms with van der Waals surface area (Å²) in [5.41, 5.74) is 7.52. The zero-order chi connectivity index (χ0) is 14.7. The Morgan fingerprint density at radius 2 is 2.20 bits per heavy atom. The van der Waals surface area contributed by atoms with E-state index in [0.29, 0.717) is 18.0 Å². The molecule has 4 nitrogen and oxygen atoms in total. The molecule has 2 rings (SSSR count). The van der Waals surface area contributed by atoms with Gasteiger partial charge in [-0.05, 0) is 49.9 Å². The molecule has 1 saturated carbocycles. The lowest BCUT2D eigenvalue weighted by Gasteiger charge is -2.29. The largest absolute Gasteiger partial charge is 0.496 e. The molecule has 1 aliphatic rings. The predicted molar refractivity (Wildman–Crippen MR) is 80.0 cm³/mol. The van der Waals surface area contributed by atoms with Gasteiger partial charge in [0.05, 0.1) is 7.11 Å². The summed E-state index contributed by atoms with van der Waals surface area (Å²) < 4.78 is 5.29. The number of rotatable bonds is 4. The number of aryl methyl sites for hydroxylation is 1. The third-order valence-corrected chi connectivity index (χ3v) is 4.39. The van der Waals surface area contributed by atoms with E-state index in [9.17, 15) is 4.79 Å². The summed E-state index contributed by atoms with van der Waals surface area (Å²) in [4.78, 5) is 14.5. The number of carbonyl (C=O) groups excluding carboxylic acids is 1. The summed E-state index contributed by atoms with van der Waals surface area (Å²) in [6.45, 7) is 2.62. The maximum Gasteiger partial charge on any atom is 0.253 e. The molecular formula is C16H24N2O2. The third kappa shape index (κ3) is 2.80. The Morgan fingerprint density at radius 1 is 1.45 bits per heavy atom. The molecule has 0 radical (unpaired) electrons. The molecule has 0 bridgehead atoms. The van der Waals surface area contributed by atoms with Crippen LogP contribution < -0.4 is 10.5 Å². The number of benzene rings is 1. The summed E-state index contributed by atoms with van der Waals surface area (Å²) in [6, 6.07) is 5.87. The first-order valence-corrected chi connectivity index (χ1v) is 7.20. The highest BCUT2D eigenvalue weighted by molar-refractivity contribution is 5.94. The normalized spacial score (nSPS) is 21.8. The second kappa shape index (κ2) is 6.27. The third-order valence-electron chi connectivity index (χ3n) is 4.39. The van der Waals surface area contributed by atoms with Crippen LogP contribution in [0.2, 0.25) is 0 Å². The number of hydrogen-bond donors (Lipinski definition) is 1. The van der Waals surface area contributed by atoms with E-state index in [1.54, 1.807) is 7.11 Å². The van der Waals surface area contributed by atoms with E-state index in [1.807, 2.05) is 37.1 Å². The molecule has 1 aliphatic carbocycles. The van der Waals surface area contributed by atoms with Crippen LogP contribution in [0.5, 0.6) is 5.75 Å². The Morgan fingerprint density at radius 3 is 2.85 bits per heavy atom. The Kier molecular flexibility index (Phi) is 4.65. The van der Waals surface area contributed by atoms with Crippen LogP contribution in [-0.2, 0) is 0 Å². The van der Waals surface area contributed by atoms with Crippen LogP contribution in [0.3, 0.4) is 0 Å². The monoisotopic (exact) mass is 276 g/mol.